The summed E-state index contributed by atoms with van der Waals surface area (Å²) in [6, 6.07) is 12.6. The average Bonchev–Trinajstić information content (AvgIpc) is 3.07. The number of nitrogens with zero attached hydrogens (tertiary/aromatic N) is 2. The van der Waals surface area contributed by atoms with Gasteiger partial charge in [0.2, 0.25) is 0 Å². The van der Waals surface area contributed by atoms with E-state index in [0.29, 0.717) is 28.8 Å². The molecule has 26 heavy (non-hydrogen) atoms. The van der Waals surface area contributed by atoms with Crippen molar-refractivity contribution in [2.45, 2.75) is 13.3 Å². The predicted molar refractivity (Wildman–Crippen MR) is 98.7 cm³/mol. The molecule has 0 spiro atoms. The number of ether oxygens (including phenoxy) is 1. The lowest BCUT2D eigenvalue weighted by Crippen LogP contribution is -2.14. The molecule has 3 rings (SSSR count). The van der Waals surface area contributed by atoms with Gasteiger partial charge >= 0.3 is 0 Å². The first kappa shape index (κ1) is 17.9. The molecule has 1 heterocycles. The first-order chi connectivity index (χ1) is 12.6. The topological polar surface area (TPSA) is 56.2 Å². The fourth-order valence-corrected chi connectivity index (χ4v) is 2.41. The molecule has 5 nitrogen and oxygen atoms in total. The lowest BCUT2D eigenvalue weighted by atomic mass is 10.3. The minimum absolute atomic E-state index is 0.151. The van der Waals surface area contributed by atoms with Gasteiger partial charge in [-0.2, -0.15) is 5.10 Å². The maximum absolute atomic E-state index is 13.1. The second-order valence-corrected chi connectivity index (χ2v) is 6.01. The molecular formula is C19H17ClFN3O2. The minimum Gasteiger partial charge on any atom is -0.489 e. The van der Waals surface area contributed by atoms with E-state index >= 15 is 0 Å². The van der Waals surface area contributed by atoms with Crippen LogP contribution in [0.5, 0.6) is 5.75 Å². The van der Waals surface area contributed by atoms with Crippen molar-refractivity contribution >= 4 is 23.2 Å². The van der Waals surface area contributed by atoms with Gasteiger partial charge in [0.15, 0.2) is 11.4 Å². The lowest BCUT2D eigenvalue weighted by molar-refractivity contribution is 0.101. The minimum atomic E-state index is -0.403. The van der Waals surface area contributed by atoms with Gasteiger partial charge in [-0.25, -0.2) is 9.07 Å². The Labute approximate surface area is 155 Å². The molecule has 0 atom stereocenters. The van der Waals surface area contributed by atoms with E-state index in [9.17, 15) is 9.18 Å². The summed E-state index contributed by atoms with van der Waals surface area (Å²) in [7, 11) is 0. The molecule has 3 aromatic rings. The Morgan fingerprint density at radius 1 is 1.19 bits per heavy atom. The Morgan fingerprint density at radius 2 is 1.88 bits per heavy atom. The summed E-state index contributed by atoms with van der Waals surface area (Å²) in [4.78, 5) is 12.6. The van der Waals surface area contributed by atoms with Crippen LogP contribution >= 0.6 is 11.6 Å². The molecule has 0 fully saturated rings. The highest BCUT2D eigenvalue weighted by Gasteiger charge is 2.19. The van der Waals surface area contributed by atoms with Gasteiger partial charge < -0.3 is 10.1 Å². The first-order valence-electron chi connectivity index (χ1n) is 8.12. The fourth-order valence-electron chi connectivity index (χ4n) is 2.28. The number of anilines is 1. The van der Waals surface area contributed by atoms with E-state index in [4.69, 9.17) is 16.3 Å². The average molecular weight is 374 g/mol. The highest BCUT2D eigenvalue weighted by molar-refractivity contribution is 6.30. The molecule has 134 valence electrons. The van der Waals surface area contributed by atoms with E-state index in [0.717, 1.165) is 6.42 Å². The van der Waals surface area contributed by atoms with Crippen LogP contribution < -0.4 is 10.1 Å². The number of halogens is 2. The SMILES string of the molecule is CCCOc1cn(-c2ccc(F)cc2)nc1C(=O)Nc1ccc(Cl)cc1. The number of hydrogen-bond acceptors (Lipinski definition) is 3. The molecule has 0 saturated carbocycles. The van der Waals surface area contributed by atoms with Crippen molar-refractivity contribution in [2.75, 3.05) is 11.9 Å². The Balaban J connectivity index is 1.89. The van der Waals surface area contributed by atoms with Crippen LogP contribution in [0.25, 0.3) is 5.69 Å². The number of hydrogen-bond donors (Lipinski definition) is 1. The van der Waals surface area contributed by atoms with Crippen molar-refractivity contribution in [1.29, 1.82) is 0 Å². The number of carbonyl (C=O) groups excluding carboxylic acids is 1. The second kappa shape index (κ2) is 8.01. The largest absolute Gasteiger partial charge is 0.489 e. The van der Waals surface area contributed by atoms with E-state index in [1.807, 2.05) is 6.92 Å². The molecule has 0 saturated heterocycles. The van der Waals surface area contributed by atoms with Crippen molar-refractivity contribution in [3.8, 4) is 11.4 Å². The van der Waals surface area contributed by atoms with E-state index in [2.05, 4.69) is 10.4 Å². The summed E-state index contributed by atoms with van der Waals surface area (Å²) in [5.41, 5.74) is 1.37. The van der Waals surface area contributed by atoms with Crippen molar-refractivity contribution in [1.82, 2.24) is 9.78 Å². The lowest BCUT2D eigenvalue weighted by Gasteiger charge is -2.06. The molecule has 0 aliphatic carbocycles. The van der Waals surface area contributed by atoms with Gasteiger partial charge in [-0.1, -0.05) is 18.5 Å². The number of carbonyl (C=O) groups is 1. The summed E-state index contributed by atoms with van der Waals surface area (Å²) in [5.74, 6) is -0.383. The maximum Gasteiger partial charge on any atom is 0.280 e. The summed E-state index contributed by atoms with van der Waals surface area (Å²) >= 11 is 5.85. The van der Waals surface area contributed by atoms with Crippen LogP contribution in [0.2, 0.25) is 5.02 Å². The zero-order valence-corrected chi connectivity index (χ0v) is 14.8. The number of benzene rings is 2. The van der Waals surface area contributed by atoms with Gasteiger partial charge in [-0.05, 0) is 55.0 Å². The molecule has 0 radical (unpaired) electrons. The van der Waals surface area contributed by atoms with Gasteiger partial charge in [0.1, 0.15) is 5.82 Å². The Hall–Kier alpha value is -2.86. The van der Waals surface area contributed by atoms with Crippen LogP contribution in [0, 0.1) is 5.82 Å². The predicted octanol–water partition coefficient (Wildman–Crippen LogP) is 4.71. The molecule has 0 aliphatic heterocycles. The van der Waals surface area contributed by atoms with E-state index in [1.54, 1.807) is 42.6 Å². The highest BCUT2D eigenvalue weighted by Crippen LogP contribution is 2.22. The highest BCUT2D eigenvalue weighted by atomic mass is 35.5. The van der Waals surface area contributed by atoms with Crippen molar-refractivity contribution < 1.29 is 13.9 Å². The molecule has 1 N–H and O–H groups in total. The van der Waals surface area contributed by atoms with Gasteiger partial charge in [-0.3, -0.25) is 4.79 Å². The monoisotopic (exact) mass is 373 g/mol. The number of amides is 1. The maximum atomic E-state index is 13.1. The van der Waals surface area contributed by atoms with Crippen LogP contribution in [-0.2, 0) is 0 Å². The van der Waals surface area contributed by atoms with E-state index in [1.165, 1.54) is 16.8 Å². The van der Waals surface area contributed by atoms with Crippen molar-refractivity contribution in [3.63, 3.8) is 0 Å². The summed E-state index contributed by atoms with van der Waals surface area (Å²) in [5, 5.41) is 7.65. The molecule has 0 bridgehead atoms. The van der Waals surface area contributed by atoms with Crippen molar-refractivity contribution in [3.05, 3.63) is 71.3 Å². The summed E-state index contributed by atoms with van der Waals surface area (Å²) < 4.78 is 20.3. The molecular weight excluding hydrogens is 357 g/mol. The summed E-state index contributed by atoms with van der Waals surface area (Å²) in [6.45, 7) is 2.42. The first-order valence-corrected chi connectivity index (χ1v) is 8.50. The molecule has 1 aromatic heterocycles. The standard InChI is InChI=1S/C19H17ClFN3O2/c1-2-11-26-17-12-24(16-9-5-14(21)6-10-16)23-18(17)19(25)22-15-7-3-13(20)4-8-15/h3-10,12H,2,11H2,1H3,(H,22,25). The van der Waals surface area contributed by atoms with Gasteiger partial charge in [-0.15, -0.1) is 0 Å². The number of aromatic nitrogens is 2. The van der Waals surface area contributed by atoms with Crippen LogP contribution in [0.15, 0.2) is 54.7 Å². The van der Waals surface area contributed by atoms with Gasteiger partial charge in [0.05, 0.1) is 18.5 Å². The van der Waals surface area contributed by atoms with E-state index in [-0.39, 0.29) is 11.5 Å². The normalized spacial score (nSPS) is 10.6. The molecule has 7 heteroatoms. The number of rotatable bonds is 6. The van der Waals surface area contributed by atoms with Crippen LogP contribution in [-0.4, -0.2) is 22.3 Å². The Kier molecular flexibility index (Phi) is 5.53. The van der Waals surface area contributed by atoms with Gasteiger partial charge in [0, 0.05) is 10.7 Å². The third-order valence-electron chi connectivity index (χ3n) is 3.55. The quantitative estimate of drug-likeness (QED) is 0.681. The summed E-state index contributed by atoms with van der Waals surface area (Å²) in [6.07, 6.45) is 2.40. The Bertz CT molecular complexity index is 892. The van der Waals surface area contributed by atoms with Crippen LogP contribution in [0.1, 0.15) is 23.8 Å². The molecule has 2 aromatic carbocycles. The van der Waals surface area contributed by atoms with Gasteiger partial charge in [0.25, 0.3) is 5.91 Å². The van der Waals surface area contributed by atoms with Crippen molar-refractivity contribution in [2.24, 2.45) is 0 Å². The van der Waals surface area contributed by atoms with Crippen LogP contribution in [0.4, 0.5) is 10.1 Å². The third kappa shape index (κ3) is 4.21. The van der Waals surface area contributed by atoms with Crippen LogP contribution in [0.3, 0.4) is 0 Å². The van der Waals surface area contributed by atoms with E-state index < -0.39 is 5.91 Å². The smallest absolute Gasteiger partial charge is 0.280 e. The second-order valence-electron chi connectivity index (χ2n) is 5.57. The molecule has 1 amide bonds. The number of nitrogens with one attached hydrogen (secondary N) is 1. The molecule has 0 unspecified atom stereocenters. The third-order valence-corrected chi connectivity index (χ3v) is 3.80. The molecule has 0 aliphatic rings. The zero-order chi connectivity index (χ0) is 18.5. The Morgan fingerprint density at radius 3 is 2.54 bits per heavy atom. The zero-order valence-electron chi connectivity index (χ0n) is 14.1. The fraction of sp³-hybridized carbons (Fsp3) is 0.158.